The van der Waals surface area contributed by atoms with Crippen LogP contribution in [0.15, 0.2) is 41.8 Å². The van der Waals surface area contributed by atoms with Crippen LogP contribution in [0.1, 0.15) is 29.8 Å². The average Bonchev–Trinajstić information content (AvgIpc) is 2.95. The van der Waals surface area contributed by atoms with Crippen LogP contribution in [0, 0.1) is 0 Å². The third-order valence-corrected chi connectivity index (χ3v) is 3.98. The van der Waals surface area contributed by atoms with E-state index < -0.39 is 6.61 Å². The van der Waals surface area contributed by atoms with Gasteiger partial charge in [-0.15, -0.1) is 11.3 Å². The molecular formula is C15H17F2NOS. The van der Waals surface area contributed by atoms with E-state index in [4.69, 9.17) is 0 Å². The lowest BCUT2D eigenvalue weighted by Crippen LogP contribution is -2.19. The van der Waals surface area contributed by atoms with E-state index in [9.17, 15) is 8.78 Å². The molecular weight excluding hydrogens is 280 g/mol. The van der Waals surface area contributed by atoms with Gasteiger partial charge in [0.2, 0.25) is 0 Å². The van der Waals surface area contributed by atoms with Crippen molar-refractivity contribution in [1.82, 2.24) is 5.32 Å². The summed E-state index contributed by atoms with van der Waals surface area (Å²) in [5.74, 6) is 0.189. The van der Waals surface area contributed by atoms with E-state index >= 15 is 0 Å². The third-order valence-electron chi connectivity index (χ3n) is 3.00. The van der Waals surface area contributed by atoms with Crippen molar-refractivity contribution in [3.8, 4) is 5.75 Å². The Morgan fingerprint density at radius 3 is 2.50 bits per heavy atom. The zero-order valence-electron chi connectivity index (χ0n) is 11.2. The van der Waals surface area contributed by atoms with Crippen LogP contribution in [0.25, 0.3) is 0 Å². The maximum absolute atomic E-state index is 12.0. The lowest BCUT2D eigenvalue weighted by atomic mass is 10.1. The topological polar surface area (TPSA) is 21.3 Å². The monoisotopic (exact) mass is 297 g/mol. The van der Waals surface area contributed by atoms with E-state index in [2.05, 4.69) is 28.4 Å². The quantitative estimate of drug-likeness (QED) is 0.807. The first kappa shape index (κ1) is 14.9. The molecule has 2 aromatic rings. The summed E-state index contributed by atoms with van der Waals surface area (Å²) in [6.07, 6.45) is 1.01. The van der Waals surface area contributed by atoms with Crippen LogP contribution in [0.3, 0.4) is 0 Å². The number of hydrogen-bond acceptors (Lipinski definition) is 3. The van der Waals surface area contributed by atoms with Gasteiger partial charge in [0.25, 0.3) is 0 Å². The minimum atomic E-state index is -2.78. The molecule has 0 saturated carbocycles. The maximum Gasteiger partial charge on any atom is 0.387 e. The number of hydrogen-bond donors (Lipinski definition) is 1. The highest BCUT2D eigenvalue weighted by Crippen LogP contribution is 2.22. The summed E-state index contributed by atoms with van der Waals surface area (Å²) in [6, 6.07) is 11.2. The average molecular weight is 297 g/mol. The fourth-order valence-electron chi connectivity index (χ4n) is 1.97. The molecule has 1 unspecified atom stereocenters. The molecule has 0 aliphatic rings. The van der Waals surface area contributed by atoms with Gasteiger partial charge in [-0.25, -0.2) is 0 Å². The first-order valence-corrected chi connectivity index (χ1v) is 7.37. The number of thiophene rings is 1. The van der Waals surface area contributed by atoms with E-state index in [-0.39, 0.29) is 5.75 Å². The molecule has 1 heterocycles. The summed E-state index contributed by atoms with van der Waals surface area (Å²) in [5, 5.41) is 5.54. The molecule has 2 rings (SSSR count). The molecule has 20 heavy (non-hydrogen) atoms. The van der Waals surface area contributed by atoms with Crippen molar-refractivity contribution < 1.29 is 13.5 Å². The first-order valence-electron chi connectivity index (χ1n) is 6.49. The van der Waals surface area contributed by atoms with E-state index in [0.717, 1.165) is 12.0 Å². The molecule has 2 nitrogen and oxygen atoms in total. The zero-order chi connectivity index (χ0) is 14.4. The highest BCUT2D eigenvalue weighted by Gasteiger charge is 2.09. The Labute approximate surface area is 121 Å². The minimum absolute atomic E-state index is 0.189. The predicted molar refractivity (Wildman–Crippen MR) is 77.3 cm³/mol. The van der Waals surface area contributed by atoms with Gasteiger partial charge < -0.3 is 10.1 Å². The number of alkyl halides is 2. The Morgan fingerprint density at radius 2 is 1.95 bits per heavy atom. The van der Waals surface area contributed by atoms with Crippen molar-refractivity contribution in [2.24, 2.45) is 0 Å². The lowest BCUT2D eigenvalue weighted by molar-refractivity contribution is -0.0498. The molecule has 0 fully saturated rings. The molecule has 0 saturated heterocycles. The van der Waals surface area contributed by atoms with Crippen LogP contribution in [0.4, 0.5) is 8.78 Å². The molecule has 108 valence electrons. The summed E-state index contributed by atoms with van der Waals surface area (Å²) < 4.78 is 28.4. The van der Waals surface area contributed by atoms with E-state index in [1.807, 2.05) is 6.07 Å². The van der Waals surface area contributed by atoms with Crippen LogP contribution in [0.5, 0.6) is 5.75 Å². The smallest absolute Gasteiger partial charge is 0.387 e. The first-order chi connectivity index (χ1) is 9.69. The molecule has 1 aromatic carbocycles. The number of nitrogens with one attached hydrogen (secondary N) is 1. The standard InChI is InChI=1S/C15H17F2NOS/c1-2-13(14-4-3-9-20-14)18-10-11-5-7-12(8-6-11)19-15(16)17/h3-9,13,15,18H,2,10H2,1H3. The fourth-order valence-corrected chi connectivity index (χ4v) is 2.85. The van der Waals surface area contributed by atoms with Crippen LogP contribution >= 0.6 is 11.3 Å². The number of ether oxygens (including phenoxy) is 1. The van der Waals surface area contributed by atoms with Crippen molar-refractivity contribution in [1.29, 1.82) is 0 Å². The van der Waals surface area contributed by atoms with Gasteiger partial charge in [0.05, 0.1) is 0 Å². The summed E-state index contributed by atoms with van der Waals surface area (Å²) >= 11 is 1.73. The number of rotatable bonds is 7. The SMILES string of the molecule is CCC(NCc1ccc(OC(F)F)cc1)c1cccs1. The lowest BCUT2D eigenvalue weighted by Gasteiger charge is -2.15. The summed E-state index contributed by atoms with van der Waals surface area (Å²) in [6.45, 7) is 0.0600. The van der Waals surface area contributed by atoms with Crippen LogP contribution in [-0.2, 0) is 6.54 Å². The van der Waals surface area contributed by atoms with Gasteiger partial charge in [-0.3, -0.25) is 0 Å². The Morgan fingerprint density at radius 1 is 1.20 bits per heavy atom. The summed E-state index contributed by atoms with van der Waals surface area (Å²) in [5.41, 5.74) is 1.04. The summed E-state index contributed by atoms with van der Waals surface area (Å²) in [7, 11) is 0. The van der Waals surface area contributed by atoms with Crippen molar-refractivity contribution in [2.75, 3.05) is 0 Å². The van der Waals surface area contributed by atoms with Crippen LogP contribution in [0.2, 0.25) is 0 Å². The molecule has 0 spiro atoms. The highest BCUT2D eigenvalue weighted by molar-refractivity contribution is 7.10. The van der Waals surface area contributed by atoms with Gasteiger partial charge in [-0.2, -0.15) is 8.78 Å². The second-order valence-corrected chi connectivity index (χ2v) is 5.36. The molecule has 1 aromatic heterocycles. The van der Waals surface area contributed by atoms with Gasteiger partial charge in [-0.1, -0.05) is 25.1 Å². The van der Waals surface area contributed by atoms with Crippen molar-refractivity contribution in [2.45, 2.75) is 32.5 Å². The van der Waals surface area contributed by atoms with E-state index in [0.29, 0.717) is 12.6 Å². The highest BCUT2D eigenvalue weighted by atomic mass is 32.1. The summed E-state index contributed by atoms with van der Waals surface area (Å²) in [4.78, 5) is 1.31. The normalized spacial score (nSPS) is 12.6. The molecule has 1 N–H and O–H groups in total. The van der Waals surface area contributed by atoms with Crippen molar-refractivity contribution in [3.05, 3.63) is 52.2 Å². The van der Waals surface area contributed by atoms with Crippen molar-refractivity contribution >= 4 is 11.3 Å². The van der Waals surface area contributed by atoms with Gasteiger partial charge in [0, 0.05) is 17.5 Å². The zero-order valence-corrected chi connectivity index (χ0v) is 12.0. The predicted octanol–water partition coefficient (Wildman–Crippen LogP) is 4.59. The Kier molecular flexibility index (Phi) is 5.49. The molecule has 0 aliphatic heterocycles. The Bertz CT molecular complexity index is 499. The number of halogens is 2. The van der Waals surface area contributed by atoms with Gasteiger partial charge in [0.15, 0.2) is 0 Å². The molecule has 0 radical (unpaired) electrons. The minimum Gasteiger partial charge on any atom is -0.435 e. The van der Waals surface area contributed by atoms with Gasteiger partial charge in [0.1, 0.15) is 5.75 Å². The maximum atomic E-state index is 12.0. The van der Waals surface area contributed by atoms with Crippen molar-refractivity contribution in [3.63, 3.8) is 0 Å². The molecule has 0 aliphatic carbocycles. The second-order valence-electron chi connectivity index (χ2n) is 4.38. The number of benzene rings is 1. The fraction of sp³-hybridized carbons (Fsp3) is 0.333. The molecule has 5 heteroatoms. The van der Waals surface area contributed by atoms with Crippen LogP contribution in [-0.4, -0.2) is 6.61 Å². The van der Waals surface area contributed by atoms with Crippen LogP contribution < -0.4 is 10.1 Å². The second kappa shape index (κ2) is 7.36. The molecule has 1 atom stereocenters. The molecule has 0 bridgehead atoms. The molecule has 0 amide bonds. The Balaban J connectivity index is 1.90. The van der Waals surface area contributed by atoms with Gasteiger partial charge in [-0.05, 0) is 35.6 Å². The third kappa shape index (κ3) is 4.28. The Hall–Kier alpha value is -1.46. The van der Waals surface area contributed by atoms with E-state index in [1.165, 1.54) is 4.88 Å². The largest absolute Gasteiger partial charge is 0.435 e. The van der Waals surface area contributed by atoms with E-state index in [1.54, 1.807) is 35.6 Å². The van der Waals surface area contributed by atoms with Gasteiger partial charge >= 0.3 is 6.61 Å².